The molecule has 0 saturated heterocycles. The Kier molecular flexibility index (Phi) is 5.43. The van der Waals surface area contributed by atoms with Crippen LogP contribution in [0.2, 0.25) is 0 Å². The van der Waals surface area contributed by atoms with Gasteiger partial charge in [0.2, 0.25) is 5.88 Å². The molecule has 1 aromatic heterocycles. The van der Waals surface area contributed by atoms with E-state index in [2.05, 4.69) is 15.3 Å². The number of hydrogen-bond donors (Lipinski definition) is 1. The summed E-state index contributed by atoms with van der Waals surface area (Å²) < 4.78 is 32.1. The number of anilines is 1. The lowest BCUT2D eigenvalue weighted by Crippen LogP contribution is -2.11. The van der Waals surface area contributed by atoms with Gasteiger partial charge in [0.25, 0.3) is 5.91 Å². The topological polar surface area (TPSA) is 64.1 Å². The van der Waals surface area contributed by atoms with Crippen LogP contribution in [0.1, 0.15) is 10.4 Å². The van der Waals surface area contributed by atoms with Crippen LogP contribution in [0.15, 0.2) is 85.1 Å². The number of rotatable bonds is 5. The minimum Gasteiger partial charge on any atom is -0.439 e. The van der Waals surface area contributed by atoms with E-state index in [1.165, 1.54) is 42.6 Å². The van der Waals surface area contributed by atoms with Crippen LogP contribution < -0.4 is 10.1 Å². The SMILES string of the molecule is O=C(Nc1ccc(F)cc1)c1ccc(Oc2ccnc(-c3cccc(F)c3)n2)cc1. The lowest BCUT2D eigenvalue weighted by molar-refractivity contribution is 0.102. The molecule has 1 N–H and O–H groups in total. The molecule has 5 nitrogen and oxygen atoms in total. The molecule has 3 aromatic carbocycles. The van der Waals surface area contributed by atoms with Gasteiger partial charge in [-0.2, -0.15) is 4.98 Å². The van der Waals surface area contributed by atoms with Gasteiger partial charge in [-0.05, 0) is 60.7 Å². The highest BCUT2D eigenvalue weighted by Gasteiger charge is 2.09. The number of hydrogen-bond acceptors (Lipinski definition) is 4. The van der Waals surface area contributed by atoms with Gasteiger partial charge in [0.1, 0.15) is 17.4 Å². The van der Waals surface area contributed by atoms with Crippen LogP contribution >= 0.6 is 0 Å². The van der Waals surface area contributed by atoms with Crippen molar-refractivity contribution in [3.63, 3.8) is 0 Å². The molecular formula is C23H15F2N3O2. The number of nitrogens with zero attached hydrogens (tertiary/aromatic N) is 2. The maximum Gasteiger partial charge on any atom is 0.255 e. The third kappa shape index (κ3) is 4.64. The van der Waals surface area contributed by atoms with E-state index in [4.69, 9.17) is 4.74 Å². The van der Waals surface area contributed by atoms with Crippen LogP contribution in [-0.2, 0) is 0 Å². The summed E-state index contributed by atoms with van der Waals surface area (Å²) in [6.07, 6.45) is 1.52. The van der Waals surface area contributed by atoms with E-state index in [1.54, 1.807) is 42.5 Å². The summed E-state index contributed by atoms with van der Waals surface area (Å²) in [5, 5.41) is 2.69. The molecule has 0 bridgehead atoms. The van der Waals surface area contributed by atoms with Gasteiger partial charge in [0.15, 0.2) is 5.82 Å². The molecule has 148 valence electrons. The molecule has 0 aliphatic rings. The minimum absolute atomic E-state index is 0.285. The fraction of sp³-hybridized carbons (Fsp3) is 0. The monoisotopic (exact) mass is 403 g/mol. The first-order valence-electron chi connectivity index (χ1n) is 9.01. The van der Waals surface area contributed by atoms with Crippen molar-refractivity contribution in [2.75, 3.05) is 5.32 Å². The van der Waals surface area contributed by atoms with E-state index in [0.29, 0.717) is 28.4 Å². The predicted octanol–water partition coefficient (Wildman–Crippen LogP) is 5.47. The third-order valence-electron chi connectivity index (χ3n) is 4.15. The molecule has 0 saturated carbocycles. The van der Waals surface area contributed by atoms with Crippen molar-refractivity contribution in [3.05, 3.63) is 102 Å². The standard InChI is InChI=1S/C23H15F2N3O2/c24-17-6-8-19(9-7-17)27-23(29)15-4-10-20(11-5-15)30-21-12-13-26-22(28-21)16-2-1-3-18(25)14-16/h1-14H,(H,27,29). The highest BCUT2D eigenvalue weighted by Crippen LogP contribution is 2.23. The van der Waals surface area contributed by atoms with Gasteiger partial charge in [0, 0.05) is 29.1 Å². The van der Waals surface area contributed by atoms with Crippen LogP contribution in [0, 0.1) is 11.6 Å². The van der Waals surface area contributed by atoms with Crippen molar-refractivity contribution in [3.8, 4) is 23.0 Å². The molecule has 0 aliphatic heterocycles. The van der Waals surface area contributed by atoms with Gasteiger partial charge in [-0.15, -0.1) is 0 Å². The van der Waals surface area contributed by atoms with Crippen molar-refractivity contribution >= 4 is 11.6 Å². The second-order valence-corrected chi connectivity index (χ2v) is 6.32. The number of ether oxygens (including phenoxy) is 1. The van der Waals surface area contributed by atoms with Crippen molar-refractivity contribution in [1.82, 2.24) is 9.97 Å². The number of benzene rings is 3. The molecule has 0 unspecified atom stereocenters. The first kappa shape index (κ1) is 19.2. The molecule has 4 rings (SSSR count). The Morgan fingerprint density at radius 2 is 1.63 bits per heavy atom. The molecule has 0 atom stereocenters. The molecule has 7 heteroatoms. The minimum atomic E-state index is -0.378. The van der Waals surface area contributed by atoms with Gasteiger partial charge in [-0.25, -0.2) is 13.8 Å². The molecule has 4 aromatic rings. The molecule has 1 amide bonds. The van der Waals surface area contributed by atoms with E-state index < -0.39 is 0 Å². The van der Waals surface area contributed by atoms with Gasteiger partial charge in [0.05, 0.1) is 0 Å². The first-order valence-corrected chi connectivity index (χ1v) is 9.01. The average Bonchev–Trinajstić information content (AvgIpc) is 2.76. The van der Waals surface area contributed by atoms with Crippen molar-refractivity contribution in [1.29, 1.82) is 0 Å². The number of carbonyl (C=O) groups is 1. The quantitative estimate of drug-likeness (QED) is 0.480. The summed E-state index contributed by atoms with van der Waals surface area (Å²) in [5.41, 5.74) is 1.44. The average molecular weight is 403 g/mol. The Balaban J connectivity index is 1.45. The fourth-order valence-corrected chi connectivity index (χ4v) is 2.70. The van der Waals surface area contributed by atoms with E-state index >= 15 is 0 Å². The summed E-state index contributed by atoms with van der Waals surface area (Å²) in [6.45, 7) is 0. The zero-order chi connectivity index (χ0) is 20.9. The number of amides is 1. The van der Waals surface area contributed by atoms with Gasteiger partial charge in [-0.3, -0.25) is 4.79 Å². The van der Waals surface area contributed by atoms with Crippen LogP contribution in [0.5, 0.6) is 11.6 Å². The Morgan fingerprint density at radius 3 is 2.37 bits per heavy atom. The van der Waals surface area contributed by atoms with Crippen LogP contribution in [0.25, 0.3) is 11.4 Å². The van der Waals surface area contributed by atoms with Crippen LogP contribution in [0.3, 0.4) is 0 Å². The normalized spacial score (nSPS) is 10.5. The lowest BCUT2D eigenvalue weighted by Gasteiger charge is -2.08. The highest BCUT2D eigenvalue weighted by molar-refractivity contribution is 6.04. The van der Waals surface area contributed by atoms with Crippen LogP contribution in [-0.4, -0.2) is 15.9 Å². The Hall–Kier alpha value is -4.13. The second kappa shape index (κ2) is 8.48. The first-order chi connectivity index (χ1) is 14.6. The Labute approximate surface area is 171 Å². The Bertz CT molecular complexity index is 1180. The maximum absolute atomic E-state index is 13.4. The van der Waals surface area contributed by atoms with Crippen molar-refractivity contribution in [2.45, 2.75) is 0 Å². The summed E-state index contributed by atoms with van der Waals surface area (Å²) in [7, 11) is 0. The second-order valence-electron chi connectivity index (χ2n) is 6.32. The van der Waals surface area contributed by atoms with Gasteiger partial charge in [-0.1, -0.05) is 12.1 Å². The molecule has 0 spiro atoms. The van der Waals surface area contributed by atoms with Crippen LogP contribution in [0.4, 0.5) is 14.5 Å². The Morgan fingerprint density at radius 1 is 0.867 bits per heavy atom. The number of halogens is 2. The maximum atomic E-state index is 13.4. The fourth-order valence-electron chi connectivity index (χ4n) is 2.70. The zero-order valence-electron chi connectivity index (χ0n) is 15.5. The summed E-state index contributed by atoms with van der Waals surface area (Å²) in [6, 6.07) is 19.5. The number of aromatic nitrogens is 2. The smallest absolute Gasteiger partial charge is 0.255 e. The van der Waals surface area contributed by atoms with Gasteiger partial charge < -0.3 is 10.1 Å². The van der Waals surface area contributed by atoms with Crippen molar-refractivity contribution in [2.24, 2.45) is 0 Å². The van der Waals surface area contributed by atoms with Gasteiger partial charge >= 0.3 is 0 Å². The van der Waals surface area contributed by atoms with E-state index in [1.807, 2.05) is 0 Å². The highest BCUT2D eigenvalue weighted by atomic mass is 19.1. The third-order valence-corrected chi connectivity index (χ3v) is 4.15. The predicted molar refractivity (Wildman–Crippen MR) is 108 cm³/mol. The summed E-state index contributed by atoms with van der Waals surface area (Å²) >= 11 is 0. The van der Waals surface area contributed by atoms with Crippen molar-refractivity contribution < 1.29 is 18.3 Å². The molecule has 0 aliphatic carbocycles. The van der Waals surface area contributed by atoms with E-state index in [9.17, 15) is 13.6 Å². The largest absolute Gasteiger partial charge is 0.439 e. The van der Waals surface area contributed by atoms with E-state index in [-0.39, 0.29) is 23.4 Å². The number of nitrogens with one attached hydrogen (secondary N) is 1. The molecule has 1 heterocycles. The molecule has 30 heavy (non-hydrogen) atoms. The zero-order valence-corrected chi connectivity index (χ0v) is 15.5. The molecule has 0 fully saturated rings. The number of carbonyl (C=O) groups excluding carboxylic acids is 1. The summed E-state index contributed by atoms with van der Waals surface area (Å²) in [4.78, 5) is 20.7. The summed E-state index contributed by atoms with van der Waals surface area (Å²) in [5.74, 6) is 0.00702. The van der Waals surface area contributed by atoms with E-state index in [0.717, 1.165) is 0 Å². The molecule has 0 radical (unpaired) electrons. The molecular weight excluding hydrogens is 388 g/mol. The lowest BCUT2D eigenvalue weighted by atomic mass is 10.2.